The number of amides is 2. The van der Waals surface area contributed by atoms with Gasteiger partial charge in [-0.25, -0.2) is 0 Å². The molecule has 1 aliphatic rings. The molecule has 0 saturated carbocycles. The largest absolute Gasteiger partial charge is 0.343 e. The van der Waals surface area contributed by atoms with Crippen LogP contribution in [-0.2, 0) is 4.79 Å². The lowest BCUT2D eigenvalue weighted by Crippen LogP contribution is -2.51. The van der Waals surface area contributed by atoms with Crippen molar-refractivity contribution < 1.29 is 9.59 Å². The molecule has 2 rings (SSSR count). The van der Waals surface area contributed by atoms with E-state index in [-0.39, 0.29) is 18.4 Å². The number of carbonyl (C=O) groups is 2. The average molecular weight is 354 g/mol. The third-order valence-electron chi connectivity index (χ3n) is 3.68. The van der Waals surface area contributed by atoms with Gasteiger partial charge in [-0.3, -0.25) is 9.59 Å². The van der Waals surface area contributed by atoms with Gasteiger partial charge >= 0.3 is 0 Å². The second kappa shape index (κ2) is 7.56. The summed E-state index contributed by atoms with van der Waals surface area (Å²) in [6.45, 7) is 6.48. The van der Waals surface area contributed by atoms with E-state index in [1.165, 1.54) is 0 Å². The van der Waals surface area contributed by atoms with Crippen LogP contribution in [0.2, 0.25) is 0 Å². The minimum Gasteiger partial charge on any atom is -0.343 e. The highest BCUT2D eigenvalue weighted by Crippen LogP contribution is 2.10. The minimum atomic E-state index is -0.219. The fourth-order valence-electron chi connectivity index (χ4n) is 2.28. The third-order valence-corrected chi connectivity index (χ3v) is 4.21. The third kappa shape index (κ3) is 4.54. The van der Waals surface area contributed by atoms with E-state index in [9.17, 15) is 9.59 Å². The monoisotopic (exact) mass is 353 g/mol. The Morgan fingerprint density at radius 3 is 2.33 bits per heavy atom. The first kappa shape index (κ1) is 16.0. The molecule has 1 aliphatic heterocycles. The first-order valence-corrected chi connectivity index (χ1v) is 7.93. The highest BCUT2D eigenvalue weighted by atomic mass is 79.9. The zero-order valence-corrected chi connectivity index (χ0v) is 13.7. The number of carbonyl (C=O) groups excluding carboxylic acids is 2. The maximum atomic E-state index is 12.1. The normalized spacial score (nSPS) is 15.8. The van der Waals surface area contributed by atoms with Crippen molar-refractivity contribution in [3.05, 3.63) is 34.3 Å². The zero-order valence-electron chi connectivity index (χ0n) is 12.1. The lowest BCUT2D eigenvalue weighted by atomic mass is 10.2. The van der Waals surface area contributed by atoms with Gasteiger partial charge in [0.1, 0.15) is 0 Å². The molecule has 0 bridgehead atoms. The fourth-order valence-corrected chi connectivity index (χ4v) is 2.55. The molecule has 0 aliphatic carbocycles. The number of hydrogen-bond acceptors (Lipinski definition) is 3. The molecule has 114 valence electrons. The molecule has 1 saturated heterocycles. The van der Waals surface area contributed by atoms with Crippen molar-refractivity contribution in [2.45, 2.75) is 6.92 Å². The van der Waals surface area contributed by atoms with Gasteiger partial charge in [0, 0.05) is 36.2 Å². The number of piperazine rings is 1. The van der Waals surface area contributed by atoms with Crippen LogP contribution in [0.15, 0.2) is 28.7 Å². The van der Waals surface area contributed by atoms with Gasteiger partial charge in [0.15, 0.2) is 0 Å². The van der Waals surface area contributed by atoms with E-state index in [1.54, 1.807) is 24.3 Å². The van der Waals surface area contributed by atoms with Gasteiger partial charge < -0.3 is 15.1 Å². The van der Waals surface area contributed by atoms with Crippen molar-refractivity contribution in [1.29, 1.82) is 0 Å². The molecule has 0 atom stereocenters. The van der Waals surface area contributed by atoms with E-state index in [2.05, 4.69) is 33.1 Å². The van der Waals surface area contributed by atoms with Gasteiger partial charge in [-0.05, 0) is 30.8 Å². The van der Waals surface area contributed by atoms with Crippen LogP contribution in [0.1, 0.15) is 17.3 Å². The van der Waals surface area contributed by atoms with Crippen LogP contribution in [0, 0.1) is 0 Å². The quantitative estimate of drug-likeness (QED) is 0.888. The van der Waals surface area contributed by atoms with Crippen molar-refractivity contribution in [2.75, 3.05) is 39.3 Å². The van der Waals surface area contributed by atoms with Crippen LogP contribution in [-0.4, -0.2) is 60.9 Å². The lowest BCUT2D eigenvalue weighted by molar-refractivity contribution is -0.131. The average Bonchev–Trinajstić information content (AvgIpc) is 2.53. The molecule has 5 nitrogen and oxygen atoms in total. The van der Waals surface area contributed by atoms with Gasteiger partial charge in [0.2, 0.25) is 5.91 Å². The smallest absolute Gasteiger partial charge is 0.251 e. The molecule has 1 N–H and O–H groups in total. The summed E-state index contributed by atoms with van der Waals surface area (Å²) in [7, 11) is 0. The van der Waals surface area contributed by atoms with Crippen LogP contribution < -0.4 is 5.32 Å². The molecule has 0 spiro atoms. The van der Waals surface area contributed by atoms with E-state index in [4.69, 9.17) is 0 Å². The topological polar surface area (TPSA) is 52.6 Å². The molecule has 21 heavy (non-hydrogen) atoms. The van der Waals surface area contributed by atoms with Gasteiger partial charge in [-0.2, -0.15) is 0 Å². The number of rotatable bonds is 4. The summed E-state index contributed by atoms with van der Waals surface area (Å²) in [5.41, 5.74) is 0.557. The van der Waals surface area contributed by atoms with Crippen LogP contribution in [0.25, 0.3) is 0 Å². The number of benzene rings is 1. The highest BCUT2D eigenvalue weighted by molar-refractivity contribution is 9.10. The first-order valence-electron chi connectivity index (χ1n) is 7.14. The summed E-state index contributed by atoms with van der Waals surface area (Å²) >= 11 is 3.32. The van der Waals surface area contributed by atoms with Crippen molar-refractivity contribution >= 4 is 27.7 Å². The van der Waals surface area contributed by atoms with Crippen LogP contribution in [0.5, 0.6) is 0 Å². The second-order valence-corrected chi connectivity index (χ2v) is 5.92. The molecule has 1 heterocycles. The fraction of sp³-hybridized carbons (Fsp3) is 0.467. The Balaban J connectivity index is 1.78. The number of hydrogen-bond donors (Lipinski definition) is 1. The van der Waals surface area contributed by atoms with Gasteiger partial charge in [0.05, 0.1) is 6.54 Å². The predicted molar refractivity (Wildman–Crippen MR) is 85.2 cm³/mol. The Bertz CT molecular complexity index is 496. The summed E-state index contributed by atoms with van der Waals surface area (Å²) in [6, 6.07) is 7.06. The van der Waals surface area contributed by atoms with Crippen molar-refractivity contribution in [3.8, 4) is 0 Å². The molecule has 2 amide bonds. The maximum absolute atomic E-state index is 12.1. The number of nitrogens with zero attached hydrogens (tertiary/aromatic N) is 2. The summed E-state index contributed by atoms with van der Waals surface area (Å²) in [5, 5.41) is 2.68. The lowest BCUT2D eigenvalue weighted by Gasteiger charge is -2.34. The van der Waals surface area contributed by atoms with E-state index in [0.29, 0.717) is 5.56 Å². The van der Waals surface area contributed by atoms with E-state index in [0.717, 1.165) is 37.2 Å². The van der Waals surface area contributed by atoms with Gasteiger partial charge in [0.25, 0.3) is 5.91 Å². The Hall–Kier alpha value is -1.40. The number of nitrogens with one attached hydrogen (secondary N) is 1. The van der Waals surface area contributed by atoms with Crippen LogP contribution in [0.4, 0.5) is 0 Å². The van der Waals surface area contributed by atoms with E-state index < -0.39 is 0 Å². The summed E-state index contributed by atoms with van der Waals surface area (Å²) < 4.78 is 0.920. The van der Waals surface area contributed by atoms with Crippen molar-refractivity contribution in [1.82, 2.24) is 15.1 Å². The van der Waals surface area contributed by atoms with E-state index >= 15 is 0 Å². The number of likely N-dealkylation sites (N-methyl/N-ethyl adjacent to an activating group) is 1. The molecular formula is C15H20BrN3O2. The van der Waals surface area contributed by atoms with E-state index in [1.807, 2.05) is 4.90 Å². The first-order chi connectivity index (χ1) is 10.1. The second-order valence-electron chi connectivity index (χ2n) is 5.00. The molecule has 1 aromatic carbocycles. The predicted octanol–water partition coefficient (Wildman–Crippen LogP) is 1.34. The molecule has 0 radical (unpaired) electrons. The Morgan fingerprint density at radius 1 is 1.14 bits per heavy atom. The maximum Gasteiger partial charge on any atom is 0.251 e. The summed E-state index contributed by atoms with van der Waals surface area (Å²) in [4.78, 5) is 28.1. The Morgan fingerprint density at radius 2 is 1.76 bits per heavy atom. The standard InChI is InChI=1S/C15H20BrN3O2/c1-2-18-7-9-19(10-8-18)14(20)11-17-15(21)12-3-5-13(16)6-4-12/h3-6H,2,7-11H2,1H3,(H,17,21). The highest BCUT2D eigenvalue weighted by Gasteiger charge is 2.20. The molecule has 0 unspecified atom stereocenters. The Labute approximate surface area is 133 Å². The summed E-state index contributed by atoms with van der Waals surface area (Å²) in [5.74, 6) is -0.237. The van der Waals surface area contributed by atoms with Crippen molar-refractivity contribution in [3.63, 3.8) is 0 Å². The SMILES string of the molecule is CCN1CCN(C(=O)CNC(=O)c2ccc(Br)cc2)CC1. The zero-order chi connectivity index (χ0) is 15.2. The molecular weight excluding hydrogens is 334 g/mol. The summed E-state index contributed by atoms with van der Waals surface area (Å²) in [6.07, 6.45) is 0. The van der Waals surface area contributed by atoms with Crippen molar-refractivity contribution in [2.24, 2.45) is 0 Å². The van der Waals surface area contributed by atoms with Crippen LogP contribution >= 0.6 is 15.9 Å². The molecule has 1 aromatic rings. The van der Waals surface area contributed by atoms with Crippen LogP contribution in [0.3, 0.4) is 0 Å². The Kier molecular flexibility index (Phi) is 5.76. The molecule has 1 fully saturated rings. The van der Waals surface area contributed by atoms with Gasteiger partial charge in [-0.1, -0.05) is 22.9 Å². The molecule has 0 aromatic heterocycles. The minimum absolute atomic E-state index is 0.0174. The molecule has 6 heteroatoms. The number of halogens is 1. The van der Waals surface area contributed by atoms with Gasteiger partial charge in [-0.15, -0.1) is 0 Å².